The lowest BCUT2D eigenvalue weighted by Crippen LogP contribution is -2.20. The zero-order chi connectivity index (χ0) is 8.27. The molecular weight excluding hydrogens is 142 g/mol. The van der Waals surface area contributed by atoms with Crippen LogP contribution in [0.1, 0.15) is 0 Å². The van der Waals surface area contributed by atoms with Crippen LogP contribution < -0.4 is 11.2 Å². The number of aromatic nitrogens is 2. The Labute approximate surface area is 65.2 Å². The molecule has 0 aliphatic carbocycles. The van der Waals surface area contributed by atoms with Gasteiger partial charge in [-0.15, -0.1) is 10.2 Å². The Bertz CT molecular complexity index is 217. The number of hydrogen-bond acceptors (Lipinski definition) is 5. The maximum atomic E-state index is 5.34. The molecule has 0 unspecified atom stereocenters. The molecular formula is C6H11N5. The molecule has 11 heavy (non-hydrogen) atoms. The van der Waals surface area contributed by atoms with E-state index in [1.807, 2.05) is 14.1 Å². The third-order valence-electron chi connectivity index (χ3n) is 1.02. The normalized spacial score (nSPS) is 10.1. The van der Waals surface area contributed by atoms with Crippen LogP contribution in [0, 0.1) is 0 Å². The quantitative estimate of drug-likeness (QED) is 0.583. The van der Waals surface area contributed by atoms with Gasteiger partial charge in [0.05, 0.1) is 0 Å². The predicted molar refractivity (Wildman–Crippen MR) is 43.8 cm³/mol. The smallest absolute Gasteiger partial charge is 0.163 e. The summed E-state index contributed by atoms with van der Waals surface area (Å²) < 4.78 is 0. The molecule has 1 rings (SSSR count). The lowest BCUT2D eigenvalue weighted by Gasteiger charge is -2.10. The van der Waals surface area contributed by atoms with Crippen molar-refractivity contribution in [3.05, 3.63) is 12.1 Å². The first-order valence-corrected chi connectivity index (χ1v) is 3.21. The van der Waals surface area contributed by atoms with E-state index < -0.39 is 0 Å². The molecule has 0 atom stereocenters. The molecule has 0 radical (unpaired) electrons. The lowest BCUT2D eigenvalue weighted by molar-refractivity contribution is 0.491. The minimum absolute atomic E-state index is 0.425. The number of nitrogen functional groups attached to an aromatic ring is 1. The van der Waals surface area contributed by atoms with Crippen LogP contribution in [-0.4, -0.2) is 29.3 Å². The van der Waals surface area contributed by atoms with Crippen LogP contribution >= 0.6 is 0 Å². The van der Waals surface area contributed by atoms with E-state index in [1.54, 1.807) is 17.1 Å². The molecule has 1 heterocycles. The number of nitrogens with one attached hydrogen (secondary N) is 1. The predicted octanol–water partition coefficient (Wildman–Crippen LogP) is -0.0527. The highest BCUT2D eigenvalue weighted by atomic mass is 15.5. The average Bonchev–Trinajstić information content (AvgIpc) is 1.93. The van der Waals surface area contributed by atoms with Crippen LogP contribution in [0.25, 0.3) is 0 Å². The summed E-state index contributed by atoms with van der Waals surface area (Å²) in [5, 5.41) is 9.24. The fourth-order valence-electron chi connectivity index (χ4n) is 0.631. The van der Waals surface area contributed by atoms with Gasteiger partial charge in [0.1, 0.15) is 5.82 Å². The summed E-state index contributed by atoms with van der Waals surface area (Å²) in [6, 6.07) is 3.46. The fourth-order valence-corrected chi connectivity index (χ4v) is 0.631. The van der Waals surface area contributed by atoms with Gasteiger partial charge in [-0.05, 0) is 12.1 Å². The molecule has 0 spiro atoms. The maximum absolute atomic E-state index is 5.34. The van der Waals surface area contributed by atoms with Gasteiger partial charge in [-0.1, -0.05) is 0 Å². The Hall–Kier alpha value is -1.36. The molecule has 5 nitrogen and oxygen atoms in total. The Morgan fingerprint density at radius 2 is 2.09 bits per heavy atom. The number of hydrogen-bond donors (Lipinski definition) is 2. The lowest BCUT2D eigenvalue weighted by atomic mass is 10.5. The molecule has 5 heteroatoms. The van der Waals surface area contributed by atoms with E-state index >= 15 is 0 Å². The number of rotatable bonds is 2. The maximum Gasteiger partial charge on any atom is 0.163 e. The van der Waals surface area contributed by atoms with Gasteiger partial charge in [0.15, 0.2) is 5.82 Å². The molecule has 3 N–H and O–H groups in total. The summed E-state index contributed by atoms with van der Waals surface area (Å²) in [6.07, 6.45) is 0. The highest BCUT2D eigenvalue weighted by Gasteiger charge is 1.93. The van der Waals surface area contributed by atoms with E-state index in [-0.39, 0.29) is 0 Å². The van der Waals surface area contributed by atoms with Crippen molar-refractivity contribution in [1.82, 2.24) is 15.2 Å². The van der Waals surface area contributed by atoms with Gasteiger partial charge in [0.2, 0.25) is 0 Å². The molecule has 60 valence electrons. The molecule has 1 aromatic rings. The largest absolute Gasteiger partial charge is 0.382 e. The first-order valence-electron chi connectivity index (χ1n) is 3.21. The van der Waals surface area contributed by atoms with Crippen LogP contribution in [0.4, 0.5) is 11.6 Å². The highest BCUT2D eigenvalue weighted by molar-refractivity contribution is 5.37. The Morgan fingerprint density at radius 3 is 2.55 bits per heavy atom. The van der Waals surface area contributed by atoms with Crippen LogP contribution in [0.5, 0.6) is 0 Å². The van der Waals surface area contributed by atoms with Gasteiger partial charge < -0.3 is 11.2 Å². The zero-order valence-electron chi connectivity index (χ0n) is 6.57. The van der Waals surface area contributed by atoms with E-state index in [4.69, 9.17) is 5.73 Å². The van der Waals surface area contributed by atoms with E-state index in [0.29, 0.717) is 11.6 Å². The Balaban J connectivity index is 2.66. The Kier molecular flexibility index (Phi) is 2.22. The van der Waals surface area contributed by atoms with E-state index in [1.165, 1.54) is 0 Å². The van der Waals surface area contributed by atoms with Crippen molar-refractivity contribution in [1.29, 1.82) is 0 Å². The van der Waals surface area contributed by atoms with Gasteiger partial charge in [-0.3, -0.25) is 0 Å². The second-order valence-corrected chi connectivity index (χ2v) is 2.35. The van der Waals surface area contributed by atoms with Crippen molar-refractivity contribution < 1.29 is 0 Å². The molecule has 0 bridgehead atoms. The standard InChI is InChI=1S/C6H11N5/c1-11(2)10-6-4-3-5(7)8-9-6/h3-4H,1-2H3,(H2,7,8)(H,9,10). The summed E-state index contributed by atoms with van der Waals surface area (Å²) >= 11 is 0. The van der Waals surface area contributed by atoms with E-state index in [2.05, 4.69) is 15.6 Å². The number of nitrogens with zero attached hydrogens (tertiary/aromatic N) is 3. The minimum atomic E-state index is 0.425. The minimum Gasteiger partial charge on any atom is -0.382 e. The first-order chi connectivity index (χ1) is 5.18. The molecule has 0 saturated heterocycles. The second kappa shape index (κ2) is 3.16. The topological polar surface area (TPSA) is 67.1 Å². The summed E-state index contributed by atoms with van der Waals surface area (Å²) in [4.78, 5) is 0. The molecule has 0 aromatic carbocycles. The molecule has 0 saturated carbocycles. The third-order valence-corrected chi connectivity index (χ3v) is 1.02. The molecule has 0 aliphatic heterocycles. The molecule has 0 aliphatic rings. The van der Waals surface area contributed by atoms with Gasteiger partial charge in [-0.25, -0.2) is 5.01 Å². The first kappa shape index (κ1) is 7.74. The molecule has 0 amide bonds. The molecule has 1 aromatic heterocycles. The van der Waals surface area contributed by atoms with Crippen LogP contribution in [-0.2, 0) is 0 Å². The summed E-state index contributed by atoms with van der Waals surface area (Å²) in [5.41, 5.74) is 8.28. The second-order valence-electron chi connectivity index (χ2n) is 2.35. The summed E-state index contributed by atoms with van der Waals surface area (Å²) in [5.74, 6) is 1.11. The van der Waals surface area contributed by atoms with Gasteiger partial charge in [0.25, 0.3) is 0 Å². The van der Waals surface area contributed by atoms with Crippen molar-refractivity contribution in [2.24, 2.45) is 0 Å². The van der Waals surface area contributed by atoms with Crippen molar-refractivity contribution in [2.75, 3.05) is 25.3 Å². The molecule has 0 fully saturated rings. The third kappa shape index (κ3) is 2.38. The highest BCUT2D eigenvalue weighted by Crippen LogP contribution is 2.01. The van der Waals surface area contributed by atoms with Gasteiger partial charge >= 0.3 is 0 Å². The van der Waals surface area contributed by atoms with Crippen LogP contribution in [0.3, 0.4) is 0 Å². The van der Waals surface area contributed by atoms with Crippen molar-refractivity contribution in [2.45, 2.75) is 0 Å². The zero-order valence-corrected chi connectivity index (χ0v) is 6.57. The summed E-state index contributed by atoms with van der Waals surface area (Å²) in [7, 11) is 3.75. The summed E-state index contributed by atoms with van der Waals surface area (Å²) in [6.45, 7) is 0. The Morgan fingerprint density at radius 1 is 1.36 bits per heavy atom. The van der Waals surface area contributed by atoms with Gasteiger partial charge in [-0.2, -0.15) is 0 Å². The SMILES string of the molecule is CN(C)Nc1ccc(N)nn1. The van der Waals surface area contributed by atoms with E-state index in [0.717, 1.165) is 0 Å². The average molecular weight is 153 g/mol. The number of nitrogens with two attached hydrogens (primary N) is 1. The van der Waals surface area contributed by atoms with Crippen molar-refractivity contribution in [3.8, 4) is 0 Å². The number of anilines is 2. The number of hydrazine groups is 1. The van der Waals surface area contributed by atoms with Crippen molar-refractivity contribution in [3.63, 3.8) is 0 Å². The van der Waals surface area contributed by atoms with Gasteiger partial charge in [0, 0.05) is 14.1 Å². The van der Waals surface area contributed by atoms with Crippen LogP contribution in [0.15, 0.2) is 12.1 Å². The van der Waals surface area contributed by atoms with Crippen LogP contribution in [0.2, 0.25) is 0 Å². The fraction of sp³-hybridized carbons (Fsp3) is 0.333. The monoisotopic (exact) mass is 153 g/mol. The van der Waals surface area contributed by atoms with E-state index in [9.17, 15) is 0 Å². The van der Waals surface area contributed by atoms with Crippen molar-refractivity contribution >= 4 is 11.6 Å².